The summed E-state index contributed by atoms with van der Waals surface area (Å²) in [5.41, 5.74) is 1.36. The SMILES string of the molecule is CCCCCCCNCC(=O)Nc1cccc(NC(C)=O)c1. The highest BCUT2D eigenvalue weighted by Crippen LogP contribution is 2.14. The number of hydrogen-bond acceptors (Lipinski definition) is 3. The second kappa shape index (κ2) is 10.8. The molecule has 122 valence electrons. The van der Waals surface area contributed by atoms with Gasteiger partial charge in [-0.05, 0) is 31.2 Å². The van der Waals surface area contributed by atoms with Crippen LogP contribution in [0.3, 0.4) is 0 Å². The minimum absolute atomic E-state index is 0.0754. The summed E-state index contributed by atoms with van der Waals surface area (Å²) in [7, 11) is 0. The predicted octanol–water partition coefficient (Wildman–Crippen LogP) is 3.14. The summed E-state index contributed by atoms with van der Waals surface area (Å²) < 4.78 is 0. The Balaban J connectivity index is 2.23. The van der Waals surface area contributed by atoms with Crippen molar-refractivity contribution >= 4 is 23.2 Å². The van der Waals surface area contributed by atoms with Crippen molar-refractivity contribution in [3.8, 4) is 0 Å². The Morgan fingerprint density at radius 3 is 2.36 bits per heavy atom. The monoisotopic (exact) mass is 305 g/mol. The van der Waals surface area contributed by atoms with E-state index in [1.165, 1.54) is 32.6 Å². The molecule has 1 rings (SSSR count). The summed E-state index contributed by atoms with van der Waals surface area (Å²) in [6.45, 7) is 4.82. The van der Waals surface area contributed by atoms with E-state index in [-0.39, 0.29) is 11.8 Å². The van der Waals surface area contributed by atoms with Gasteiger partial charge in [0.15, 0.2) is 0 Å². The standard InChI is InChI=1S/C17H27N3O2/c1-3-4-5-6-7-11-18-13-17(22)20-16-10-8-9-15(12-16)19-14(2)21/h8-10,12,18H,3-7,11,13H2,1-2H3,(H,19,21)(H,20,22). The molecule has 0 aliphatic carbocycles. The van der Waals surface area contributed by atoms with E-state index in [4.69, 9.17) is 0 Å². The lowest BCUT2D eigenvalue weighted by molar-refractivity contribution is -0.115. The highest BCUT2D eigenvalue weighted by molar-refractivity contribution is 5.94. The van der Waals surface area contributed by atoms with E-state index >= 15 is 0 Å². The average Bonchev–Trinajstić information content (AvgIpc) is 2.46. The Morgan fingerprint density at radius 1 is 1.00 bits per heavy atom. The molecular weight excluding hydrogens is 278 g/mol. The molecule has 0 heterocycles. The summed E-state index contributed by atoms with van der Waals surface area (Å²) in [4.78, 5) is 22.8. The van der Waals surface area contributed by atoms with Crippen molar-refractivity contribution in [2.24, 2.45) is 0 Å². The maximum Gasteiger partial charge on any atom is 0.238 e. The minimum Gasteiger partial charge on any atom is -0.326 e. The fourth-order valence-corrected chi connectivity index (χ4v) is 2.14. The lowest BCUT2D eigenvalue weighted by Gasteiger charge is -2.08. The molecule has 0 spiro atoms. The van der Waals surface area contributed by atoms with Gasteiger partial charge in [0, 0.05) is 18.3 Å². The molecule has 0 radical (unpaired) electrons. The van der Waals surface area contributed by atoms with Crippen molar-refractivity contribution in [3.05, 3.63) is 24.3 Å². The normalized spacial score (nSPS) is 10.3. The molecule has 0 aromatic heterocycles. The van der Waals surface area contributed by atoms with Gasteiger partial charge in [-0.2, -0.15) is 0 Å². The summed E-state index contributed by atoms with van der Waals surface area (Å²) in [5, 5.41) is 8.65. The second-order valence-corrected chi connectivity index (χ2v) is 5.40. The van der Waals surface area contributed by atoms with Crippen LogP contribution in [0, 0.1) is 0 Å². The number of rotatable bonds is 10. The van der Waals surface area contributed by atoms with E-state index in [0.29, 0.717) is 17.9 Å². The van der Waals surface area contributed by atoms with E-state index in [9.17, 15) is 9.59 Å². The molecule has 1 aromatic carbocycles. The van der Waals surface area contributed by atoms with Crippen LogP contribution in [-0.2, 0) is 9.59 Å². The Labute approximate surface area is 132 Å². The van der Waals surface area contributed by atoms with Crippen molar-refractivity contribution < 1.29 is 9.59 Å². The highest BCUT2D eigenvalue weighted by Gasteiger charge is 2.03. The summed E-state index contributed by atoms with van der Waals surface area (Å²) in [6, 6.07) is 7.12. The molecule has 5 heteroatoms. The number of benzene rings is 1. The van der Waals surface area contributed by atoms with E-state index in [2.05, 4.69) is 22.9 Å². The zero-order valence-corrected chi connectivity index (χ0v) is 13.6. The van der Waals surface area contributed by atoms with Crippen molar-refractivity contribution in [3.63, 3.8) is 0 Å². The van der Waals surface area contributed by atoms with Crippen LogP contribution < -0.4 is 16.0 Å². The van der Waals surface area contributed by atoms with Gasteiger partial charge in [0.2, 0.25) is 11.8 Å². The fourth-order valence-electron chi connectivity index (χ4n) is 2.14. The van der Waals surface area contributed by atoms with Crippen molar-refractivity contribution in [1.82, 2.24) is 5.32 Å². The van der Waals surface area contributed by atoms with Gasteiger partial charge in [0.05, 0.1) is 6.54 Å². The number of anilines is 2. The van der Waals surface area contributed by atoms with Crippen LogP contribution in [0.5, 0.6) is 0 Å². The number of carbonyl (C=O) groups excluding carboxylic acids is 2. The molecule has 0 bridgehead atoms. The maximum atomic E-state index is 11.8. The van der Waals surface area contributed by atoms with Gasteiger partial charge >= 0.3 is 0 Å². The van der Waals surface area contributed by atoms with Gasteiger partial charge in [-0.1, -0.05) is 38.7 Å². The molecule has 0 atom stereocenters. The number of carbonyl (C=O) groups is 2. The number of hydrogen-bond donors (Lipinski definition) is 3. The third kappa shape index (κ3) is 8.42. The Morgan fingerprint density at radius 2 is 1.68 bits per heavy atom. The molecule has 1 aromatic rings. The number of amides is 2. The molecule has 0 aliphatic heterocycles. The van der Waals surface area contributed by atoms with Crippen LogP contribution in [-0.4, -0.2) is 24.9 Å². The van der Waals surface area contributed by atoms with Gasteiger partial charge in [0.1, 0.15) is 0 Å². The quantitative estimate of drug-likeness (QED) is 0.582. The lowest BCUT2D eigenvalue weighted by atomic mass is 10.1. The average molecular weight is 305 g/mol. The molecule has 0 fully saturated rings. The van der Waals surface area contributed by atoms with Crippen LogP contribution in [0.15, 0.2) is 24.3 Å². The molecule has 0 saturated carbocycles. The molecule has 0 saturated heterocycles. The van der Waals surface area contributed by atoms with Crippen LogP contribution >= 0.6 is 0 Å². The molecular formula is C17H27N3O2. The van der Waals surface area contributed by atoms with Gasteiger partial charge in [-0.3, -0.25) is 9.59 Å². The highest BCUT2D eigenvalue weighted by atomic mass is 16.2. The Bertz CT molecular complexity index is 475. The molecule has 22 heavy (non-hydrogen) atoms. The van der Waals surface area contributed by atoms with Gasteiger partial charge in [-0.25, -0.2) is 0 Å². The van der Waals surface area contributed by atoms with Crippen molar-refractivity contribution in [1.29, 1.82) is 0 Å². The van der Waals surface area contributed by atoms with E-state index in [1.54, 1.807) is 24.3 Å². The molecule has 0 aliphatic rings. The van der Waals surface area contributed by atoms with Crippen LogP contribution in [0.2, 0.25) is 0 Å². The minimum atomic E-state index is -0.131. The molecule has 3 N–H and O–H groups in total. The van der Waals surface area contributed by atoms with Crippen LogP contribution in [0.1, 0.15) is 46.0 Å². The fraction of sp³-hybridized carbons (Fsp3) is 0.529. The van der Waals surface area contributed by atoms with Crippen molar-refractivity contribution in [2.45, 2.75) is 46.0 Å². The van der Waals surface area contributed by atoms with Crippen LogP contribution in [0.4, 0.5) is 11.4 Å². The first kappa shape index (κ1) is 18.2. The first-order valence-corrected chi connectivity index (χ1v) is 8.00. The first-order chi connectivity index (χ1) is 10.6. The van der Waals surface area contributed by atoms with Gasteiger partial charge < -0.3 is 16.0 Å². The second-order valence-electron chi connectivity index (χ2n) is 5.40. The number of nitrogens with one attached hydrogen (secondary N) is 3. The first-order valence-electron chi connectivity index (χ1n) is 8.00. The van der Waals surface area contributed by atoms with Crippen molar-refractivity contribution in [2.75, 3.05) is 23.7 Å². The Kier molecular flexibility index (Phi) is 8.91. The smallest absolute Gasteiger partial charge is 0.238 e. The third-order valence-electron chi connectivity index (χ3n) is 3.21. The molecule has 5 nitrogen and oxygen atoms in total. The maximum absolute atomic E-state index is 11.8. The molecule has 0 unspecified atom stereocenters. The summed E-state index contributed by atoms with van der Waals surface area (Å²) in [5.74, 6) is -0.207. The summed E-state index contributed by atoms with van der Waals surface area (Å²) in [6.07, 6.45) is 6.10. The van der Waals surface area contributed by atoms with Gasteiger partial charge in [0.25, 0.3) is 0 Å². The van der Waals surface area contributed by atoms with E-state index in [1.807, 2.05) is 0 Å². The predicted molar refractivity (Wildman–Crippen MR) is 91.0 cm³/mol. The zero-order valence-electron chi connectivity index (χ0n) is 13.6. The molecule has 2 amide bonds. The number of unbranched alkanes of at least 4 members (excludes halogenated alkanes) is 4. The van der Waals surface area contributed by atoms with Gasteiger partial charge in [-0.15, -0.1) is 0 Å². The summed E-state index contributed by atoms with van der Waals surface area (Å²) >= 11 is 0. The third-order valence-corrected chi connectivity index (χ3v) is 3.21. The largest absolute Gasteiger partial charge is 0.326 e. The van der Waals surface area contributed by atoms with E-state index in [0.717, 1.165) is 13.0 Å². The lowest BCUT2D eigenvalue weighted by Crippen LogP contribution is -2.28. The topological polar surface area (TPSA) is 70.2 Å². The zero-order chi connectivity index (χ0) is 16.2. The Hall–Kier alpha value is -1.88. The van der Waals surface area contributed by atoms with Crippen LogP contribution in [0.25, 0.3) is 0 Å². The van der Waals surface area contributed by atoms with E-state index < -0.39 is 0 Å².